The summed E-state index contributed by atoms with van der Waals surface area (Å²) in [6.45, 7) is 4.43. The summed E-state index contributed by atoms with van der Waals surface area (Å²) in [5.74, 6) is 1.04. The standard InChI is InChI=1S/C25H30N6O/c1-17(2)13-18-7-9-20(10-8-18)31-25-27-14-21(15-28-25)29-23-11-12-26-16-22(23)24(32)30-19-5-3-4-6-19/h7-12,14-17,19H,3-6,13H2,1-2H3,(H,26,29)(H,30,32)(H,27,28,31). The topological polar surface area (TPSA) is 91.8 Å². The number of hydrogen-bond donors (Lipinski definition) is 3. The number of nitrogens with zero attached hydrogens (tertiary/aromatic N) is 3. The van der Waals surface area contributed by atoms with Crippen molar-refractivity contribution < 1.29 is 4.79 Å². The minimum Gasteiger partial charge on any atom is -0.352 e. The fourth-order valence-electron chi connectivity index (χ4n) is 3.96. The Bertz CT molecular complexity index is 1030. The lowest BCUT2D eigenvalue weighted by Gasteiger charge is -2.15. The van der Waals surface area contributed by atoms with Gasteiger partial charge in [0.1, 0.15) is 0 Å². The second kappa shape index (κ2) is 10.2. The summed E-state index contributed by atoms with van der Waals surface area (Å²) in [6, 6.07) is 10.4. The summed E-state index contributed by atoms with van der Waals surface area (Å²) in [7, 11) is 0. The summed E-state index contributed by atoms with van der Waals surface area (Å²) >= 11 is 0. The average molecular weight is 431 g/mol. The lowest BCUT2D eigenvalue weighted by atomic mass is 10.0. The van der Waals surface area contributed by atoms with E-state index in [1.165, 1.54) is 18.4 Å². The molecule has 2 aromatic heterocycles. The van der Waals surface area contributed by atoms with Gasteiger partial charge in [-0.25, -0.2) is 9.97 Å². The van der Waals surface area contributed by atoms with Crippen molar-refractivity contribution in [1.82, 2.24) is 20.3 Å². The van der Waals surface area contributed by atoms with Crippen molar-refractivity contribution in [3.05, 3.63) is 66.2 Å². The number of anilines is 4. The van der Waals surface area contributed by atoms with E-state index in [0.717, 1.165) is 24.9 Å². The van der Waals surface area contributed by atoms with Crippen LogP contribution in [0, 0.1) is 5.92 Å². The zero-order chi connectivity index (χ0) is 22.3. The molecule has 0 saturated heterocycles. The highest BCUT2D eigenvalue weighted by Gasteiger charge is 2.20. The van der Waals surface area contributed by atoms with Gasteiger partial charge in [-0.1, -0.05) is 38.8 Å². The highest BCUT2D eigenvalue weighted by atomic mass is 16.1. The summed E-state index contributed by atoms with van der Waals surface area (Å²) in [6.07, 6.45) is 12.1. The first-order chi connectivity index (χ1) is 15.6. The molecular weight excluding hydrogens is 400 g/mol. The lowest BCUT2D eigenvalue weighted by Crippen LogP contribution is -2.33. The molecule has 166 valence electrons. The first kappa shape index (κ1) is 21.7. The molecule has 0 aliphatic heterocycles. The van der Waals surface area contributed by atoms with Crippen LogP contribution in [0.5, 0.6) is 0 Å². The van der Waals surface area contributed by atoms with Crippen LogP contribution in [0.15, 0.2) is 55.1 Å². The van der Waals surface area contributed by atoms with Crippen LogP contribution in [0.3, 0.4) is 0 Å². The molecule has 1 amide bonds. The van der Waals surface area contributed by atoms with Crippen LogP contribution in [0.2, 0.25) is 0 Å². The van der Waals surface area contributed by atoms with Gasteiger partial charge in [0.05, 0.1) is 29.3 Å². The normalized spacial score (nSPS) is 13.8. The van der Waals surface area contributed by atoms with Crippen LogP contribution in [0.25, 0.3) is 0 Å². The number of nitrogens with one attached hydrogen (secondary N) is 3. The summed E-state index contributed by atoms with van der Waals surface area (Å²) in [5.41, 5.74) is 4.15. The number of aromatic nitrogens is 3. The first-order valence-corrected chi connectivity index (χ1v) is 11.3. The fourth-order valence-corrected chi connectivity index (χ4v) is 3.96. The SMILES string of the molecule is CC(C)Cc1ccc(Nc2ncc(Nc3ccncc3C(=O)NC3CCCC3)cn2)cc1. The maximum atomic E-state index is 12.7. The molecule has 0 atom stereocenters. The van der Waals surface area contributed by atoms with Crippen molar-refractivity contribution in [2.75, 3.05) is 10.6 Å². The predicted octanol–water partition coefficient (Wildman–Crippen LogP) is 5.23. The van der Waals surface area contributed by atoms with Gasteiger partial charge in [0.25, 0.3) is 5.91 Å². The molecule has 7 nitrogen and oxygen atoms in total. The molecule has 1 fully saturated rings. The Hall–Kier alpha value is -3.48. The quantitative estimate of drug-likeness (QED) is 0.453. The number of pyridine rings is 1. The zero-order valence-corrected chi connectivity index (χ0v) is 18.6. The minimum absolute atomic E-state index is 0.104. The second-order valence-corrected chi connectivity index (χ2v) is 8.72. The van der Waals surface area contributed by atoms with Crippen molar-refractivity contribution in [3.63, 3.8) is 0 Å². The largest absolute Gasteiger partial charge is 0.352 e. The Morgan fingerprint density at radius 3 is 2.38 bits per heavy atom. The molecule has 1 aromatic carbocycles. The van der Waals surface area contributed by atoms with Crippen LogP contribution in [-0.4, -0.2) is 26.9 Å². The Balaban J connectivity index is 1.39. The molecule has 1 aliphatic carbocycles. The van der Waals surface area contributed by atoms with Crippen LogP contribution in [-0.2, 0) is 6.42 Å². The van der Waals surface area contributed by atoms with Crippen LogP contribution >= 0.6 is 0 Å². The van der Waals surface area contributed by atoms with Crippen LogP contribution in [0.4, 0.5) is 23.0 Å². The number of benzene rings is 1. The maximum Gasteiger partial charge on any atom is 0.255 e. The Labute approximate surface area is 189 Å². The van der Waals surface area contributed by atoms with Crippen molar-refractivity contribution in [3.8, 4) is 0 Å². The van der Waals surface area contributed by atoms with Gasteiger partial charge < -0.3 is 16.0 Å². The van der Waals surface area contributed by atoms with Crippen molar-refractivity contribution in [2.45, 2.75) is 52.0 Å². The van der Waals surface area contributed by atoms with Gasteiger partial charge in [-0.05, 0) is 48.9 Å². The highest BCUT2D eigenvalue weighted by molar-refractivity contribution is 6.00. The van der Waals surface area contributed by atoms with Gasteiger partial charge in [0, 0.05) is 24.1 Å². The smallest absolute Gasteiger partial charge is 0.255 e. The molecular formula is C25H30N6O. The summed E-state index contributed by atoms with van der Waals surface area (Å²) in [4.78, 5) is 25.6. The molecule has 3 N–H and O–H groups in total. The third-order valence-electron chi connectivity index (χ3n) is 5.54. The molecule has 3 aromatic rings. The van der Waals surface area contributed by atoms with E-state index >= 15 is 0 Å². The summed E-state index contributed by atoms with van der Waals surface area (Å²) in [5, 5.41) is 9.57. The predicted molar refractivity (Wildman–Crippen MR) is 128 cm³/mol. The number of hydrogen-bond acceptors (Lipinski definition) is 6. The zero-order valence-electron chi connectivity index (χ0n) is 18.6. The van der Waals surface area contributed by atoms with Gasteiger partial charge >= 0.3 is 0 Å². The van der Waals surface area contributed by atoms with Crippen molar-refractivity contribution in [2.24, 2.45) is 5.92 Å². The number of carbonyl (C=O) groups is 1. The van der Waals surface area contributed by atoms with E-state index in [-0.39, 0.29) is 11.9 Å². The Morgan fingerprint density at radius 2 is 1.69 bits per heavy atom. The van der Waals surface area contributed by atoms with Gasteiger partial charge in [-0.3, -0.25) is 9.78 Å². The molecule has 4 rings (SSSR count). The third-order valence-corrected chi connectivity index (χ3v) is 5.54. The van der Waals surface area contributed by atoms with Crippen LogP contribution < -0.4 is 16.0 Å². The molecule has 0 radical (unpaired) electrons. The molecule has 1 aliphatic rings. The van der Waals surface area contributed by atoms with Gasteiger partial charge in [-0.2, -0.15) is 0 Å². The van der Waals surface area contributed by atoms with Gasteiger partial charge in [0.15, 0.2) is 0 Å². The molecule has 7 heteroatoms. The maximum absolute atomic E-state index is 12.7. The van der Waals surface area contributed by atoms with E-state index in [1.807, 2.05) is 12.1 Å². The lowest BCUT2D eigenvalue weighted by molar-refractivity contribution is 0.0938. The minimum atomic E-state index is -0.104. The van der Waals surface area contributed by atoms with E-state index in [9.17, 15) is 4.79 Å². The van der Waals surface area contributed by atoms with Crippen LogP contribution in [0.1, 0.15) is 55.5 Å². The number of rotatable bonds is 8. The van der Waals surface area contributed by atoms with Crippen molar-refractivity contribution >= 4 is 28.9 Å². The number of amides is 1. The van der Waals surface area contributed by atoms with E-state index < -0.39 is 0 Å². The highest BCUT2D eigenvalue weighted by Crippen LogP contribution is 2.23. The van der Waals surface area contributed by atoms with E-state index in [2.05, 4.69) is 56.9 Å². The molecule has 0 spiro atoms. The monoisotopic (exact) mass is 430 g/mol. The number of carbonyl (C=O) groups excluding carboxylic acids is 1. The Morgan fingerprint density at radius 1 is 0.969 bits per heavy atom. The van der Waals surface area contributed by atoms with E-state index in [4.69, 9.17) is 0 Å². The second-order valence-electron chi connectivity index (χ2n) is 8.72. The molecule has 1 saturated carbocycles. The summed E-state index contributed by atoms with van der Waals surface area (Å²) < 4.78 is 0. The molecule has 32 heavy (non-hydrogen) atoms. The fraction of sp³-hybridized carbons (Fsp3) is 0.360. The first-order valence-electron chi connectivity index (χ1n) is 11.3. The van der Waals surface area contributed by atoms with Gasteiger partial charge in [-0.15, -0.1) is 0 Å². The molecule has 0 bridgehead atoms. The average Bonchev–Trinajstić information content (AvgIpc) is 3.29. The van der Waals surface area contributed by atoms with Gasteiger partial charge in [0.2, 0.25) is 5.95 Å². The molecule has 0 unspecified atom stereocenters. The van der Waals surface area contributed by atoms with Crippen molar-refractivity contribution in [1.29, 1.82) is 0 Å². The third kappa shape index (κ3) is 5.81. The Kier molecular flexibility index (Phi) is 6.94. The van der Waals surface area contributed by atoms with E-state index in [1.54, 1.807) is 30.9 Å². The molecule has 2 heterocycles. The van der Waals surface area contributed by atoms with E-state index in [0.29, 0.717) is 28.8 Å².